The van der Waals surface area contributed by atoms with Gasteiger partial charge in [0.2, 0.25) is 0 Å². The van der Waals surface area contributed by atoms with E-state index in [1.165, 1.54) is 86.9 Å². The summed E-state index contributed by atoms with van der Waals surface area (Å²) in [6.07, 6.45) is 19.5. The molecular formula is C48H109N5. The molecule has 0 saturated heterocycles. The molecule has 5 heteroatoms. The second kappa shape index (κ2) is 56.4. The van der Waals surface area contributed by atoms with Crippen LogP contribution >= 0.6 is 0 Å². The quantitative estimate of drug-likeness (QED) is 0.207. The zero-order valence-electron chi connectivity index (χ0n) is 33.0. The molecule has 326 valence electrons. The van der Waals surface area contributed by atoms with E-state index < -0.39 is 0 Å². The first-order valence-electron chi connectivity index (χ1n) is 17.8. The molecule has 0 atom stereocenters. The Kier molecular flexibility index (Phi) is 84.6. The van der Waals surface area contributed by atoms with Crippen molar-refractivity contribution in [3.63, 3.8) is 0 Å². The Balaban J connectivity index is -0.0000000423. The average molecular weight is 756 g/mol. The largest absolute Gasteiger partial charge is 0.309 e. The second-order valence-corrected chi connectivity index (χ2v) is 12.9. The molecule has 0 saturated carbocycles. The summed E-state index contributed by atoms with van der Waals surface area (Å²) < 4.78 is 0. The van der Waals surface area contributed by atoms with E-state index in [0.717, 1.165) is 32.4 Å². The summed E-state index contributed by atoms with van der Waals surface area (Å²) in [7, 11) is 8.17. The molecule has 0 spiro atoms. The fraction of sp³-hybridized carbons (Fsp3) is 0.792. The summed E-state index contributed by atoms with van der Waals surface area (Å²) in [4.78, 5) is 2.18. The molecule has 53 heavy (non-hydrogen) atoms. The minimum atomic E-state index is 0. The van der Waals surface area contributed by atoms with Crippen molar-refractivity contribution in [1.82, 2.24) is 14.9 Å². The molecule has 4 rings (SSSR count). The lowest BCUT2D eigenvalue weighted by molar-refractivity contribution is 0.393. The predicted octanol–water partition coefficient (Wildman–Crippen LogP) is 16.2. The van der Waals surface area contributed by atoms with Crippen LogP contribution in [0.3, 0.4) is 0 Å². The van der Waals surface area contributed by atoms with Gasteiger partial charge in [0.1, 0.15) is 0 Å². The first kappa shape index (κ1) is 79.4. The van der Waals surface area contributed by atoms with Gasteiger partial charge in [-0.3, -0.25) is 10.0 Å². The Hall–Kier alpha value is -2.32. The topological polar surface area (TPSA) is 34.4 Å². The van der Waals surface area contributed by atoms with Gasteiger partial charge in [0, 0.05) is 57.9 Å². The minimum Gasteiger partial charge on any atom is -0.309 e. The minimum absolute atomic E-state index is 0. The molecule has 0 unspecified atom stereocenters. The van der Waals surface area contributed by atoms with E-state index in [1.807, 2.05) is 31.0 Å². The Morgan fingerprint density at radius 3 is 1.00 bits per heavy atom. The van der Waals surface area contributed by atoms with Crippen LogP contribution < -0.4 is 0 Å². The van der Waals surface area contributed by atoms with Crippen molar-refractivity contribution in [2.75, 3.05) is 47.8 Å². The van der Waals surface area contributed by atoms with Crippen molar-refractivity contribution in [3.05, 3.63) is 34.4 Å². The maximum Gasteiger partial charge on any atom is 0.0409 e. The first-order chi connectivity index (χ1) is 21.3. The molecule has 0 aromatic rings. The molecule has 5 nitrogen and oxygen atoms in total. The fourth-order valence-corrected chi connectivity index (χ4v) is 3.95. The molecule has 2 heterocycles. The van der Waals surface area contributed by atoms with E-state index in [0.29, 0.717) is 0 Å². The molecule has 0 amide bonds. The van der Waals surface area contributed by atoms with Crippen LogP contribution in [0.25, 0.3) is 0 Å². The lowest BCUT2D eigenvalue weighted by atomic mass is 9.92. The van der Waals surface area contributed by atoms with Gasteiger partial charge in [-0.2, -0.15) is 10.2 Å². The van der Waals surface area contributed by atoms with Gasteiger partial charge in [-0.05, 0) is 108 Å². The highest BCUT2D eigenvalue weighted by molar-refractivity contribution is 5.83. The van der Waals surface area contributed by atoms with E-state index in [4.69, 9.17) is 0 Å². The van der Waals surface area contributed by atoms with Gasteiger partial charge in [-0.1, -0.05) is 141 Å². The van der Waals surface area contributed by atoms with Gasteiger partial charge in [0.25, 0.3) is 0 Å². The zero-order valence-corrected chi connectivity index (χ0v) is 33.0. The SMILES string of the molecule is C.C.C.C.C.C.C.C.CC#CCCC.CC1=C(C)CC1.CC1=CC=C(C)CC1.CC1=NN(C)CC1.CC1=NN(C)CC1.CCCCC.CCCN(C)C. The molecule has 0 aromatic carbocycles. The van der Waals surface area contributed by atoms with Crippen LogP contribution in [0.15, 0.2) is 44.6 Å². The fourth-order valence-electron chi connectivity index (χ4n) is 3.95. The van der Waals surface area contributed by atoms with Gasteiger partial charge >= 0.3 is 0 Å². The Bertz CT molecular complexity index is 867. The number of nitrogens with zero attached hydrogens (tertiary/aromatic N) is 5. The summed E-state index contributed by atoms with van der Waals surface area (Å²) in [6.45, 7) is 26.9. The summed E-state index contributed by atoms with van der Waals surface area (Å²) in [5.41, 5.74) is 8.74. The Morgan fingerprint density at radius 1 is 0.566 bits per heavy atom. The van der Waals surface area contributed by atoms with Crippen molar-refractivity contribution >= 4 is 11.4 Å². The lowest BCUT2D eigenvalue weighted by Crippen LogP contribution is -2.11. The van der Waals surface area contributed by atoms with Gasteiger partial charge in [-0.15, -0.1) is 11.8 Å². The summed E-state index contributed by atoms with van der Waals surface area (Å²) in [5.74, 6) is 5.77. The van der Waals surface area contributed by atoms with E-state index in [2.05, 4.69) is 122 Å². The Morgan fingerprint density at radius 2 is 0.925 bits per heavy atom. The van der Waals surface area contributed by atoms with E-state index in [-0.39, 0.29) is 59.4 Å². The zero-order chi connectivity index (χ0) is 35.0. The number of hydrogen-bond acceptors (Lipinski definition) is 5. The van der Waals surface area contributed by atoms with Crippen LogP contribution in [0.1, 0.15) is 213 Å². The van der Waals surface area contributed by atoms with E-state index in [1.54, 1.807) is 11.1 Å². The van der Waals surface area contributed by atoms with Gasteiger partial charge in [0.05, 0.1) is 0 Å². The first-order valence-corrected chi connectivity index (χ1v) is 17.8. The number of hydrogen-bond donors (Lipinski definition) is 0. The molecule has 0 aromatic heterocycles. The molecule has 0 bridgehead atoms. The van der Waals surface area contributed by atoms with Crippen molar-refractivity contribution in [2.45, 2.75) is 213 Å². The van der Waals surface area contributed by atoms with Gasteiger partial charge in [-0.25, -0.2) is 0 Å². The third-order valence-corrected chi connectivity index (χ3v) is 7.38. The normalized spacial score (nSPS) is 13.4. The highest BCUT2D eigenvalue weighted by Crippen LogP contribution is 2.25. The third kappa shape index (κ3) is 62.0. The summed E-state index contributed by atoms with van der Waals surface area (Å²) in [5, 5.41) is 12.2. The average Bonchev–Trinajstić information content (AvgIpc) is 3.59. The van der Waals surface area contributed by atoms with Crippen LogP contribution in [0.4, 0.5) is 0 Å². The molecular weight excluding hydrogens is 647 g/mol. The van der Waals surface area contributed by atoms with Crippen LogP contribution in [0, 0.1) is 11.8 Å². The molecule has 2 aliphatic heterocycles. The van der Waals surface area contributed by atoms with Crippen LogP contribution in [0.2, 0.25) is 0 Å². The molecule has 0 N–H and O–H groups in total. The van der Waals surface area contributed by atoms with E-state index >= 15 is 0 Å². The van der Waals surface area contributed by atoms with E-state index in [9.17, 15) is 0 Å². The molecule has 0 fully saturated rings. The lowest BCUT2D eigenvalue weighted by Gasteiger charge is -2.15. The van der Waals surface area contributed by atoms with Crippen LogP contribution in [0.5, 0.6) is 0 Å². The van der Waals surface area contributed by atoms with Crippen LogP contribution in [-0.2, 0) is 0 Å². The monoisotopic (exact) mass is 756 g/mol. The molecule has 2 aliphatic carbocycles. The van der Waals surface area contributed by atoms with Gasteiger partial charge in [0.15, 0.2) is 0 Å². The standard InChI is InChI=1S/C8H12.2C6H10.2C5H10N2.C5H13N.C5H12.8CH4/c1-7-3-5-8(2)6-4-7;1-5-3-4-6(5)2;1-3-5-6-4-2;2*1-5-3-4-7(2)6-5;1-4-5-6(2)3;1-3-5-4-2;;;;;;;;/h3,5H,4,6H2,1-2H3;3-4H2,1-2H3;3,5H2,1-2H3;2*3-4H2,1-2H3;4-5H2,1-3H3;3-5H2,1-2H3;8*1H4. The number of rotatable bonds is 5. The maximum absolute atomic E-state index is 4.14. The van der Waals surface area contributed by atoms with Crippen LogP contribution in [-0.4, -0.2) is 74.2 Å². The number of allylic oxidation sites excluding steroid dienone is 6. The highest BCUT2D eigenvalue weighted by atomic mass is 15.5. The van der Waals surface area contributed by atoms with Crippen molar-refractivity contribution in [3.8, 4) is 11.8 Å². The summed E-state index contributed by atoms with van der Waals surface area (Å²) in [6, 6.07) is 0. The Labute approximate surface area is 342 Å². The maximum atomic E-state index is 4.14. The highest BCUT2D eigenvalue weighted by Gasteiger charge is 2.05. The third-order valence-electron chi connectivity index (χ3n) is 7.38. The smallest absolute Gasteiger partial charge is 0.0409 e. The van der Waals surface area contributed by atoms with Gasteiger partial charge < -0.3 is 4.90 Å². The number of hydrazone groups is 2. The summed E-state index contributed by atoms with van der Waals surface area (Å²) >= 11 is 0. The molecule has 4 aliphatic rings. The molecule has 0 radical (unpaired) electrons. The number of unbranched alkanes of at least 4 members (excludes halogenated alkanes) is 3. The second-order valence-electron chi connectivity index (χ2n) is 12.9. The van der Waals surface area contributed by atoms with Crippen molar-refractivity contribution in [2.24, 2.45) is 10.2 Å². The van der Waals surface area contributed by atoms with Crippen molar-refractivity contribution in [1.29, 1.82) is 0 Å². The van der Waals surface area contributed by atoms with Crippen molar-refractivity contribution < 1.29 is 0 Å². The predicted molar refractivity (Wildman–Crippen MR) is 261 cm³/mol.